The second-order valence-corrected chi connectivity index (χ2v) is 11.4. The van der Waals surface area contributed by atoms with Crippen molar-refractivity contribution in [2.24, 2.45) is 0 Å². The maximum absolute atomic E-state index is 2.37. The molecule has 1 aliphatic rings. The average Bonchev–Trinajstić information content (AvgIpc) is 2.94. The van der Waals surface area contributed by atoms with E-state index >= 15 is 0 Å². The predicted molar refractivity (Wildman–Crippen MR) is 127 cm³/mol. The first-order chi connectivity index (χ1) is 12.9. The fourth-order valence-electron chi connectivity index (χ4n) is 3.77. The Kier molecular flexibility index (Phi) is 11.4. The first-order valence-corrected chi connectivity index (χ1v) is 11.9. The normalized spacial score (nSPS) is 16.2. The van der Waals surface area contributed by atoms with Gasteiger partial charge in [0.2, 0.25) is 0 Å². The van der Waals surface area contributed by atoms with Gasteiger partial charge in [0.1, 0.15) is 0 Å². The van der Waals surface area contributed by atoms with E-state index in [2.05, 4.69) is 101 Å². The number of allylic oxidation sites excluding steroid dienone is 4. The standard InChI is InChI=1S/C17H25NP.C8H12.Ir/c1-12(2)19(13(3)4)17-15-10-8-7-9-14(15)11-16(17)18(5)6;1-2-4-6-8-7-5-3-1;/h7-13H,1-6H3;1-2,7-8H,3-6H2;/q-1;;/b;2-1-,8-7-;. The molecule has 0 bridgehead atoms. The van der Waals surface area contributed by atoms with Gasteiger partial charge in [-0.15, -0.1) is 48.3 Å². The maximum atomic E-state index is 2.37. The van der Waals surface area contributed by atoms with Crippen LogP contribution in [0.15, 0.2) is 54.6 Å². The molecule has 28 heavy (non-hydrogen) atoms. The van der Waals surface area contributed by atoms with Gasteiger partial charge in [0.15, 0.2) is 0 Å². The van der Waals surface area contributed by atoms with Crippen LogP contribution in [0.5, 0.6) is 0 Å². The van der Waals surface area contributed by atoms with Crippen molar-refractivity contribution in [1.29, 1.82) is 0 Å². The zero-order valence-corrected chi connectivity index (χ0v) is 21.7. The number of hydrogen-bond donors (Lipinski definition) is 0. The minimum absolute atomic E-state index is 0. The summed E-state index contributed by atoms with van der Waals surface area (Å²) in [5.74, 6) is 0. The fourth-order valence-corrected chi connectivity index (χ4v) is 7.01. The summed E-state index contributed by atoms with van der Waals surface area (Å²) in [4.78, 5) is 2.27. The first kappa shape index (κ1) is 25.2. The number of rotatable bonds is 4. The number of hydrogen-bond acceptors (Lipinski definition) is 1. The van der Waals surface area contributed by atoms with E-state index in [0.717, 1.165) is 11.3 Å². The van der Waals surface area contributed by atoms with Crippen molar-refractivity contribution in [3.05, 3.63) is 54.6 Å². The van der Waals surface area contributed by atoms with Gasteiger partial charge in [-0.3, -0.25) is 0 Å². The summed E-state index contributed by atoms with van der Waals surface area (Å²) in [6, 6.07) is 11.2. The summed E-state index contributed by atoms with van der Waals surface area (Å²) in [7, 11) is 4.19. The number of fused-ring (bicyclic) bond motifs is 1. The molecular weight excluding hydrogens is 537 g/mol. The summed E-state index contributed by atoms with van der Waals surface area (Å²) < 4.78 is 0. The topological polar surface area (TPSA) is 3.24 Å². The third kappa shape index (κ3) is 6.91. The van der Waals surface area contributed by atoms with Gasteiger partial charge in [0.25, 0.3) is 0 Å². The molecule has 0 N–H and O–H groups in total. The smallest absolute Gasteiger partial charge is 0.00453 e. The molecule has 1 radical (unpaired) electrons. The van der Waals surface area contributed by atoms with Gasteiger partial charge in [-0.1, -0.05) is 58.1 Å². The Morgan fingerprint density at radius 2 is 1.29 bits per heavy atom. The van der Waals surface area contributed by atoms with Gasteiger partial charge in [0.05, 0.1) is 0 Å². The predicted octanol–water partition coefficient (Wildman–Crippen LogP) is 7.22. The van der Waals surface area contributed by atoms with Crippen LogP contribution in [-0.4, -0.2) is 25.4 Å². The second-order valence-electron chi connectivity index (χ2n) is 8.05. The summed E-state index contributed by atoms with van der Waals surface area (Å²) in [5.41, 5.74) is 2.86. The maximum Gasteiger partial charge on any atom is 0.00453 e. The molecule has 3 rings (SSSR count). The Morgan fingerprint density at radius 1 is 0.821 bits per heavy atom. The van der Waals surface area contributed by atoms with Crippen LogP contribution in [0, 0.1) is 0 Å². The Hall–Kier alpha value is -0.811. The molecule has 0 atom stereocenters. The average molecular weight is 575 g/mol. The number of benzene rings is 1. The van der Waals surface area contributed by atoms with Crippen molar-refractivity contribution >= 4 is 29.7 Å². The van der Waals surface area contributed by atoms with E-state index in [9.17, 15) is 0 Å². The molecule has 3 heteroatoms. The van der Waals surface area contributed by atoms with Crippen LogP contribution < -0.4 is 10.2 Å². The molecule has 0 heterocycles. The van der Waals surface area contributed by atoms with E-state index in [1.807, 2.05) is 0 Å². The zero-order valence-electron chi connectivity index (χ0n) is 18.4. The molecule has 0 saturated heterocycles. The van der Waals surface area contributed by atoms with Gasteiger partial charge in [-0.2, -0.15) is 0 Å². The first-order valence-electron chi connectivity index (χ1n) is 10.4. The molecule has 2 aromatic carbocycles. The molecule has 0 aromatic heterocycles. The van der Waals surface area contributed by atoms with E-state index in [0.29, 0.717) is 0 Å². The van der Waals surface area contributed by atoms with Gasteiger partial charge < -0.3 is 4.90 Å². The molecule has 0 fully saturated rings. The van der Waals surface area contributed by atoms with Gasteiger partial charge >= 0.3 is 0 Å². The third-order valence-electron chi connectivity index (χ3n) is 4.94. The van der Waals surface area contributed by atoms with Crippen molar-refractivity contribution in [1.82, 2.24) is 0 Å². The van der Waals surface area contributed by atoms with E-state index in [-0.39, 0.29) is 28.0 Å². The zero-order chi connectivity index (χ0) is 19.8. The Labute approximate surface area is 187 Å². The summed E-state index contributed by atoms with van der Waals surface area (Å²) in [6.45, 7) is 9.47. The van der Waals surface area contributed by atoms with Gasteiger partial charge in [0, 0.05) is 34.2 Å². The molecule has 2 aromatic rings. The van der Waals surface area contributed by atoms with Crippen molar-refractivity contribution in [2.75, 3.05) is 19.0 Å². The van der Waals surface area contributed by atoms with E-state index in [1.165, 1.54) is 42.1 Å². The van der Waals surface area contributed by atoms with Crippen LogP contribution in [0.2, 0.25) is 0 Å². The Balaban J connectivity index is 0.000000367. The van der Waals surface area contributed by atoms with Crippen molar-refractivity contribution in [3.63, 3.8) is 0 Å². The Morgan fingerprint density at radius 3 is 1.71 bits per heavy atom. The largest absolute Gasteiger partial charge is 0.394 e. The van der Waals surface area contributed by atoms with Crippen molar-refractivity contribution < 1.29 is 20.1 Å². The minimum atomic E-state index is -0.131. The molecule has 0 spiro atoms. The number of anilines is 1. The SMILES string of the molecule is C1=C\CC/C=C\CC/1.CC(C)P(c1c(N(C)C)[cH-]c2ccccc12)C(C)C.[Ir]. The summed E-state index contributed by atoms with van der Waals surface area (Å²) in [6.07, 6.45) is 14.0. The third-order valence-corrected chi connectivity index (χ3v) is 8.15. The molecule has 157 valence electrons. The Bertz CT molecular complexity index is 721. The van der Waals surface area contributed by atoms with Crippen LogP contribution in [0.25, 0.3) is 10.8 Å². The molecule has 1 nitrogen and oxygen atoms in total. The monoisotopic (exact) mass is 575 g/mol. The summed E-state index contributed by atoms with van der Waals surface area (Å²) >= 11 is 0. The quantitative estimate of drug-likeness (QED) is 0.212. The van der Waals surface area contributed by atoms with Gasteiger partial charge in [-0.25, -0.2) is 0 Å². The fraction of sp³-hybridized carbons (Fsp3) is 0.480. The van der Waals surface area contributed by atoms with Crippen LogP contribution in [-0.2, 0) is 20.1 Å². The van der Waals surface area contributed by atoms with Crippen LogP contribution >= 0.6 is 7.92 Å². The molecule has 1 aliphatic carbocycles. The summed E-state index contributed by atoms with van der Waals surface area (Å²) in [5, 5.41) is 4.44. The molecule has 0 aliphatic heterocycles. The molecule has 0 saturated carbocycles. The van der Waals surface area contributed by atoms with E-state index in [4.69, 9.17) is 0 Å². The van der Waals surface area contributed by atoms with Gasteiger partial charge in [-0.05, 0) is 42.7 Å². The van der Waals surface area contributed by atoms with Crippen molar-refractivity contribution in [2.45, 2.75) is 64.7 Å². The van der Waals surface area contributed by atoms with E-state index in [1.54, 1.807) is 5.30 Å². The van der Waals surface area contributed by atoms with E-state index < -0.39 is 0 Å². The van der Waals surface area contributed by atoms with Crippen LogP contribution in [0.1, 0.15) is 53.4 Å². The second kappa shape index (κ2) is 12.7. The molecular formula is C25H37IrNP-. The molecule has 0 amide bonds. The number of nitrogens with zero attached hydrogens (tertiary/aromatic N) is 1. The molecule has 0 unspecified atom stereocenters. The van der Waals surface area contributed by atoms with Crippen LogP contribution in [0.4, 0.5) is 5.69 Å². The van der Waals surface area contributed by atoms with Crippen molar-refractivity contribution in [3.8, 4) is 0 Å². The van der Waals surface area contributed by atoms with Crippen LogP contribution in [0.3, 0.4) is 0 Å². The minimum Gasteiger partial charge on any atom is -0.394 e.